The Kier molecular flexibility index (Phi) is 6.53. The van der Waals surface area contributed by atoms with E-state index in [1.807, 2.05) is 12.1 Å². The van der Waals surface area contributed by atoms with Gasteiger partial charge in [-0.15, -0.1) is 0 Å². The van der Waals surface area contributed by atoms with E-state index in [-0.39, 0.29) is 0 Å². The average Bonchev–Trinajstić information content (AvgIpc) is 3.56. The van der Waals surface area contributed by atoms with Gasteiger partial charge in [-0.2, -0.15) is 0 Å². The van der Waals surface area contributed by atoms with Gasteiger partial charge in [0.05, 0.1) is 5.69 Å². The summed E-state index contributed by atoms with van der Waals surface area (Å²) in [5.74, 6) is 0. The Labute approximate surface area is 290 Å². The molecule has 0 N–H and O–H groups in total. The third-order valence-corrected chi connectivity index (χ3v) is 10.0. The minimum Gasteiger partial charge on any atom is -0.456 e. The molecule has 0 amide bonds. The Bertz CT molecular complexity index is 2880. The minimum atomic E-state index is 0.888. The number of benzene rings is 9. The third-order valence-electron chi connectivity index (χ3n) is 10.0. The van der Waals surface area contributed by atoms with Crippen LogP contribution >= 0.6 is 0 Å². The van der Waals surface area contributed by atoms with Crippen LogP contribution in [0.3, 0.4) is 0 Å². The van der Waals surface area contributed by atoms with E-state index >= 15 is 0 Å². The zero-order valence-corrected chi connectivity index (χ0v) is 27.3. The van der Waals surface area contributed by atoms with Crippen LogP contribution in [0.5, 0.6) is 0 Å². The topological polar surface area (TPSA) is 16.4 Å². The first-order chi connectivity index (χ1) is 24.8. The van der Waals surface area contributed by atoms with Gasteiger partial charge in [0.2, 0.25) is 0 Å². The lowest BCUT2D eigenvalue weighted by atomic mass is 9.93. The van der Waals surface area contributed by atoms with Gasteiger partial charge in [0.15, 0.2) is 0 Å². The van der Waals surface area contributed by atoms with E-state index in [1.54, 1.807) is 0 Å². The molecule has 0 aliphatic heterocycles. The number of para-hydroxylation sites is 1. The molecule has 0 spiro atoms. The molecule has 0 bridgehead atoms. The molecule has 2 heteroatoms. The number of rotatable bonds is 5. The van der Waals surface area contributed by atoms with Gasteiger partial charge in [0, 0.05) is 27.5 Å². The Balaban J connectivity index is 1.16. The molecular formula is C48H31NO. The maximum Gasteiger partial charge on any atom is 0.135 e. The predicted octanol–water partition coefficient (Wildman–Crippen LogP) is 13.8. The summed E-state index contributed by atoms with van der Waals surface area (Å²) in [6.45, 7) is 0. The van der Waals surface area contributed by atoms with Gasteiger partial charge in [-0.25, -0.2) is 0 Å². The second kappa shape index (κ2) is 11.5. The van der Waals surface area contributed by atoms with Crippen LogP contribution in [0, 0.1) is 0 Å². The van der Waals surface area contributed by atoms with Crippen molar-refractivity contribution in [1.82, 2.24) is 0 Å². The Hall–Kier alpha value is -6.64. The van der Waals surface area contributed by atoms with E-state index in [2.05, 4.69) is 181 Å². The van der Waals surface area contributed by atoms with Gasteiger partial charge in [-0.3, -0.25) is 0 Å². The highest BCUT2D eigenvalue weighted by molar-refractivity contribution is 6.15. The quantitative estimate of drug-likeness (QED) is 0.175. The van der Waals surface area contributed by atoms with Crippen molar-refractivity contribution in [3.8, 4) is 22.3 Å². The molecule has 9 aromatic carbocycles. The van der Waals surface area contributed by atoms with Gasteiger partial charge in [0.1, 0.15) is 11.2 Å². The number of hydrogen-bond acceptors (Lipinski definition) is 2. The summed E-state index contributed by atoms with van der Waals surface area (Å²) >= 11 is 0. The second-order valence-electron chi connectivity index (χ2n) is 12.9. The molecule has 234 valence electrons. The fourth-order valence-corrected chi connectivity index (χ4v) is 7.63. The van der Waals surface area contributed by atoms with Gasteiger partial charge < -0.3 is 9.32 Å². The van der Waals surface area contributed by atoms with Crippen LogP contribution in [0.25, 0.3) is 76.5 Å². The summed E-state index contributed by atoms with van der Waals surface area (Å²) in [6.07, 6.45) is 0. The maximum absolute atomic E-state index is 6.24. The Morgan fingerprint density at radius 2 is 0.900 bits per heavy atom. The van der Waals surface area contributed by atoms with Crippen molar-refractivity contribution < 1.29 is 4.42 Å². The fraction of sp³-hybridized carbons (Fsp3) is 0. The van der Waals surface area contributed by atoms with Crippen molar-refractivity contribution in [3.63, 3.8) is 0 Å². The van der Waals surface area contributed by atoms with Gasteiger partial charge >= 0.3 is 0 Å². The van der Waals surface area contributed by atoms with Crippen molar-refractivity contribution in [2.45, 2.75) is 0 Å². The normalized spacial score (nSPS) is 11.6. The number of fused-ring (bicyclic) bond motifs is 7. The minimum absolute atomic E-state index is 0.888. The Morgan fingerprint density at radius 1 is 0.320 bits per heavy atom. The second-order valence-corrected chi connectivity index (χ2v) is 12.9. The first-order valence-electron chi connectivity index (χ1n) is 17.1. The van der Waals surface area contributed by atoms with Crippen molar-refractivity contribution in [1.29, 1.82) is 0 Å². The molecule has 10 aromatic rings. The van der Waals surface area contributed by atoms with Crippen LogP contribution in [0.2, 0.25) is 0 Å². The molecule has 0 fully saturated rings. The van der Waals surface area contributed by atoms with E-state index in [0.717, 1.165) is 39.0 Å². The monoisotopic (exact) mass is 637 g/mol. The Morgan fingerprint density at radius 3 is 1.72 bits per heavy atom. The van der Waals surface area contributed by atoms with Crippen LogP contribution in [-0.2, 0) is 0 Å². The van der Waals surface area contributed by atoms with E-state index in [4.69, 9.17) is 4.42 Å². The zero-order valence-electron chi connectivity index (χ0n) is 27.3. The lowest BCUT2D eigenvalue weighted by Gasteiger charge is -2.28. The molecule has 1 heterocycles. The molecule has 1 aromatic heterocycles. The van der Waals surface area contributed by atoms with Crippen molar-refractivity contribution in [2.24, 2.45) is 0 Å². The predicted molar refractivity (Wildman–Crippen MR) is 212 cm³/mol. The molecule has 0 aliphatic rings. The van der Waals surface area contributed by atoms with E-state index < -0.39 is 0 Å². The summed E-state index contributed by atoms with van der Waals surface area (Å²) < 4.78 is 6.24. The third kappa shape index (κ3) is 4.65. The van der Waals surface area contributed by atoms with Crippen LogP contribution in [0.1, 0.15) is 0 Å². The molecular weight excluding hydrogens is 607 g/mol. The van der Waals surface area contributed by atoms with Crippen LogP contribution < -0.4 is 4.90 Å². The lowest BCUT2D eigenvalue weighted by Crippen LogP contribution is -2.10. The first kappa shape index (κ1) is 28.4. The van der Waals surface area contributed by atoms with E-state index in [9.17, 15) is 0 Å². The standard InChI is InChI=1S/C48H31NO/c1-2-12-34-29-36(22-21-32(34)11-1)40-15-6-5-14-39(40)33-23-25-37(26-24-33)49(38-27-28-48-45(31-38)44-19-9-10-20-47(44)50-48)46-30-35-13-3-4-16-41(35)42-17-7-8-18-43(42)46/h1-31H. The summed E-state index contributed by atoms with van der Waals surface area (Å²) in [7, 11) is 0. The molecule has 0 radical (unpaired) electrons. The number of nitrogens with zero attached hydrogens (tertiary/aromatic N) is 1. The first-order valence-corrected chi connectivity index (χ1v) is 17.1. The van der Waals surface area contributed by atoms with E-state index in [1.165, 1.54) is 54.6 Å². The van der Waals surface area contributed by atoms with Crippen molar-refractivity contribution >= 4 is 71.3 Å². The number of hydrogen-bond donors (Lipinski definition) is 0. The van der Waals surface area contributed by atoms with Gasteiger partial charge in [0.25, 0.3) is 0 Å². The molecule has 0 saturated heterocycles. The maximum atomic E-state index is 6.24. The summed E-state index contributed by atoms with van der Waals surface area (Å²) in [5.41, 5.74) is 9.92. The van der Waals surface area contributed by atoms with Crippen molar-refractivity contribution in [3.05, 3.63) is 188 Å². The molecule has 0 aliphatic carbocycles. The summed E-state index contributed by atoms with van der Waals surface area (Å²) in [6, 6.07) is 67.7. The lowest BCUT2D eigenvalue weighted by molar-refractivity contribution is 0.669. The van der Waals surface area contributed by atoms with Gasteiger partial charge in [-0.1, -0.05) is 140 Å². The van der Waals surface area contributed by atoms with Crippen LogP contribution in [0.15, 0.2) is 192 Å². The smallest absolute Gasteiger partial charge is 0.135 e. The molecule has 0 atom stereocenters. The highest BCUT2D eigenvalue weighted by Gasteiger charge is 2.19. The SMILES string of the molecule is c1ccc(-c2ccc3ccccc3c2)c(-c2ccc(N(c3ccc4oc5ccccc5c4c3)c3cc4ccccc4c4ccccc34)cc2)c1. The molecule has 2 nitrogen and oxygen atoms in total. The number of anilines is 3. The molecule has 50 heavy (non-hydrogen) atoms. The van der Waals surface area contributed by atoms with E-state index in [0.29, 0.717) is 0 Å². The summed E-state index contributed by atoms with van der Waals surface area (Å²) in [5, 5.41) is 9.63. The van der Waals surface area contributed by atoms with Crippen LogP contribution in [-0.4, -0.2) is 0 Å². The number of furan rings is 1. The largest absolute Gasteiger partial charge is 0.456 e. The van der Waals surface area contributed by atoms with Crippen molar-refractivity contribution in [2.75, 3.05) is 4.90 Å². The van der Waals surface area contributed by atoms with Gasteiger partial charge in [-0.05, 0) is 97.7 Å². The molecule has 0 saturated carbocycles. The summed E-state index contributed by atoms with van der Waals surface area (Å²) in [4.78, 5) is 2.40. The zero-order chi connectivity index (χ0) is 33.0. The fourth-order valence-electron chi connectivity index (χ4n) is 7.63. The molecule has 0 unspecified atom stereocenters. The average molecular weight is 638 g/mol. The highest BCUT2D eigenvalue weighted by atomic mass is 16.3. The molecule has 10 rings (SSSR count). The highest BCUT2D eigenvalue weighted by Crippen LogP contribution is 2.44. The van der Waals surface area contributed by atoms with Crippen LogP contribution in [0.4, 0.5) is 17.1 Å².